The van der Waals surface area contributed by atoms with Gasteiger partial charge in [-0.3, -0.25) is 4.90 Å². The number of nitrogens with zero attached hydrogens (tertiary/aromatic N) is 1. The van der Waals surface area contributed by atoms with Crippen LogP contribution in [0, 0.1) is 0 Å². The van der Waals surface area contributed by atoms with E-state index in [-0.39, 0.29) is 12.6 Å². The third kappa shape index (κ3) is 8.64. The number of rotatable bonds is 13. The minimum Gasteiger partial charge on any atom is -0.445 e. The van der Waals surface area contributed by atoms with E-state index in [1.54, 1.807) is 4.90 Å². The first-order chi connectivity index (χ1) is 21.2. The minimum atomic E-state index is -0.499. The van der Waals surface area contributed by atoms with Crippen LogP contribution in [0.1, 0.15) is 28.7 Å². The maximum absolute atomic E-state index is 13.7. The fourth-order valence-electron chi connectivity index (χ4n) is 5.35. The van der Waals surface area contributed by atoms with E-state index >= 15 is 0 Å². The minimum absolute atomic E-state index is 0.177. The molecule has 0 unspecified atom stereocenters. The molecule has 1 saturated heterocycles. The van der Waals surface area contributed by atoms with Gasteiger partial charge in [0.15, 0.2) is 0 Å². The lowest BCUT2D eigenvalue weighted by molar-refractivity contribution is -0.197. The molecule has 0 spiro atoms. The Bertz CT molecular complexity index is 1380. The highest BCUT2D eigenvalue weighted by Gasteiger charge is 2.47. The van der Waals surface area contributed by atoms with E-state index in [4.69, 9.17) is 18.9 Å². The van der Waals surface area contributed by atoms with E-state index in [1.807, 2.05) is 127 Å². The molecule has 0 radical (unpaired) electrons. The highest BCUT2D eigenvalue weighted by Crippen LogP contribution is 2.31. The molecule has 43 heavy (non-hydrogen) atoms. The fraction of sp³-hybridized carbons (Fsp3) is 0.270. The third-order valence-corrected chi connectivity index (χ3v) is 7.57. The molecule has 4 aromatic rings. The Morgan fingerprint density at radius 2 is 1.05 bits per heavy atom. The molecule has 0 N–H and O–H groups in total. The van der Waals surface area contributed by atoms with Crippen LogP contribution in [0.5, 0.6) is 0 Å². The summed E-state index contributed by atoms with van der Waals surface area (Å²) in [7, 11) is 0. The molecule has 1 aliphatic heterocycles. The van der Waals surface area contributed by atoms with E-state index in [0.717, 1.165) is 22.3 Å². The molecule has 0 aromatic heterocycles. The van der Waals surface area contributed by atoms with Crippen molar-refractivity contribution in [3.05, 3.63) is 156 Å². The van der Waals surface area contributed by atoms with Gasteiger partial charge < -0.3 is 18.9 Å². The first kappa shape index (κ1) is 30.2. The summed E-state index contributed by atoms with van der Waals surface area (Å²) in [6, 6.07) is 39.4. The maximum atomic E-state index is 13.7. The van der Waals surface area contributed by atoms with Crippen LogP contribution >= 0.6 is 0 Å². The van der Waals surface area contributed by atoms with E-state index in [2.05, 4.69) is 6.58 Å². The molecule has 5 rings (SSSR count). The lowest BCUT2D eigenvalue weighted by atomic mass is 9.91. The number of hydrogen-bond donors (Lipinski definition) is 0. The summed E-state index contributed by atoms with van der Waals surface area (Å²) in [5.74, 6) is 0. The normalized spacial score (nSPS) is 20.0. The zero-order chi connectivity index (χ0) is 29.7. The maximum Gasteiger partial charge on any atom is 0.410 e. The topological polar surface area (TPSA) is 57.2 Å². The molecule has 0 aliphatic carbocycles. The second-order valence-electron chi connectivity index (χ2n) is 10.6. The second-order valence-corrected chi connectivity index (χ2v) is 10.6. The molecule has 1 fully saturated rings. The highest BCUT2D eigenvalue weighted by atomic mass is 16.6. The van der Waals surface area contributed by atoms with Crippen LogP contribution in [0.15, 0.2) is 134 Å². The van der Waals surface area contributed by atoms with Crippen LogP contribution in [0.3, 0.4) is 0 Å². The van der Waals surface area contributed by atoms with Crippen molar-refractivity contribution in [3.8, 4) is 0 Å². The molecular weight excluding hydrogens is 538 g/mol. The SMILES string of the molecule is C=CC[C@H]1[C@H](OCc2ccccc2)[C@@H](OCc2ccccc2)[C@@H](OCc2ccccc2)CN1C(=O)OCc1ccccc1. The van der Waals surface area contributed by atoms with Crippen molar-refractivity contribution in [2.24, 2.45) is 0 Å². The smallest absolute Gasteiger partial charge is 0.410 e. The van der Waals surface area contributed by atoms with Crippen LogP contribution in [0.4, 0.5) is 4.79 Å². The number of benzene rings is 4. The second kappa shape index (κ2) is 15.8. The summed E-state index contributed by atoms with van der Waals surface area (Å²) in [5.41, 5.74) is 4.05. The van der Waals surface area contributed by atoms with Crippen molar-refractivity contribution in [1.29, 1.82) is 0 Å². The van der Waals surface area contributed by atoms with Crippen LogP contribution in [0.2, 0.25) is 0 Å². The highest BCUT2D eigenvalue weighted by molar-refractivity contribution is 5.68. The van der Waals surface area contributed by atoms with Gasteiger partial charge in [-0.2, -0.15) is 0 Å². The average Bonchev–Trinajstić information content (AvgIpc) is 3.07. The van der Waals surface area contributed by atoms with Crippen molar-refractivity contribution in [1.82, 2.24) is 4.90 Å². The molecule has 1 aliphatic rings. The van der Waals surface area contributed by atoms with Gasteiger partial charge >= 0.3 is 6.09 Å². The van der Waals surface area contributed by atoms with Gasteiger partial charge in [-0.15, -0.1) is 6.58 Å². The molecular formula is C37H39NO5. The third-order valence-electron chi connectivity index (χ3n) is 7.57. The average molecular weight is 578 g/mol. The Hall–Kier alpha value is -4.23. The molecule has 4 aromatic carbocycles. The van der Waals surface area contributed by atoms with E-state index in [0.29, 0.717) is 32.8 Å². The standard InChI is InChI=1S/C37H39NO5/c1-2-15-33-35(41-26-30-18-9-4-10-19-30)36(42-27-31-20-11-5-12-21-31)34(40-25-29-16-7-3-8-17-29)24-38(33)37(39)43-28-32-22-13-6-14-23-32/h2-14,16-23,33-36H,1,15,24-28H2/t33-,34-,35-,36-/m0/s1. The van der Waals surface area contributed by atoms with Gasteiger partial charge in [0.2, 0.25) is 0 Å². The zero-order valence-corrected chi connectivity index (χ0v) is 24.4. The van der Waals surface area contributed by atoms with Crippen molar-refractivity contribution in [2.45, 2.75) is 57.2 Å². The Morgan fingerprint density at radius 1 is 0.628 bits per heavy atom. The summed E-state index contributed by atoms with van der Waals surface area (Å²) in [6.07, 6.45) is 0.502. The quantitative estimate of drug-likeness (QED) is 0.156. The lowest BCUT2D eigenvalue weighted by Crippen LogP contribution is -2.64. The van der Waals surface area contributed by atoms with Gasteiger partial charge in [-0.1, -0.05) is 127 Å². The number of carbonyl (C=O) groups excluding carboxylic acids is 1. The fourth-order valence-corrected chi connectivity index (χ4v) is 5.35. The van der Waals surface area contributed by atoms with Crippen molar-refractivity contribution >= 4 is 6.09 Å². The van der Waals surface area contributed by atoms with Crippen molar-refractivity contribution in [2.75, 3.05) is 6.54 Å². The summed E-state index contributed by atoms with van der Waals surface area (Å²) < 4.78 is 25.7. The summed E-state index contributed by atoms with van der Waals surface area (Å²) in [4.78, 5) is 15.4. The molecule has 6 heteroatoms. The molecule has 6 nitrogen and oxygen atoms in total. The number of amides is 1. The summed E-state index contributed by atoms with van der Waals surface area (Å²) in [5, 5.41) is 0. The van der Waals surface area contributed by atoms with Gasteiger partial charge in [0, 0.05) is 0 Å². The van der Waals surface area contributed by atoms with Gasteiger partial charge in [0.25, 0.3) is 0 Å². The molecule has 1 amide bonds. The monoisotopic (exact) mass is 577 g/mol. The number of piperidine rings is 1. The number of likely N-dealkylation sites (tertiary alicyclic amines) is 1. The van der Waals surface area contributed by atoms with Crippen molar-refractivity contribution < 1.29 is 23.7 Å². The molecule has 1 heterocycles. The van der Waals surface area contributed by atoms with E-state index < -0.39 is 24.4 Å². The largest absolute Gasteiger partial charge is 0.445 e. The molecule has 4 atom stereocenters. The van der Waals surface area contributed by atoms with Crippen LogP contribution in [-0.2, 0) is 45.4 Å². The van der Waals surface area contributed by atoms with Crippen LogP contribution in [0.25, 0.3) is 0 Å². The van der Waals surface area contributed by atoms with Gasteiger partial charge in [-0.25, -0.2) is 4.79 Å². The number of carbonyl (C=O) groups is 1. The van der Waals surface area contributed by atoms with Crippen molar-refractivity contribution in [3.63, 3.8) is 0 Å². The first-order valence-corrected chi connectivity index (χ1v) is 14.8. The summed E-state index contributed by atoms with van der Waals surface area (Å²) in [6.45, 7) is 5.60. The predicted octanol–water partition coefficient (Wildman–Crippen LogP) is 7.34. The predicted molar refractivity (Wildman–Crippen MR) is 167 cm³/mol. The summed E-state index contributed by atoms with van der Waals surface area (Å²) >= 11 is 0. The Labute approximate surface area is 254 Å². The zero-order valence-electron chi connectivity index (χ0n) is 24.4. The molecule has 0 bridgehead atoms. The Morgan fingerprint density at radius 3 is 1.51 bits per heavy atom. The number of hydrogen-bond acceptors (Lipinski definition) is 5. The molecule has 222 valence electrons. The van der Waals surface area contributed by atoms with Gasteiger partial charge in [0.1, 0.15) is 24.9 Å². The lowest BCUT2D eigenvalue weighted by Gasteiger charge is -2.47. The van der Waals surface area contributed by atoms with Gasteiger partial charge in [-0.05, 0) is 28.7 Å². The van der Waals surface area contributed by atoms with Crippen LogP contribution < -0.4 is 0 Å². The first-order valence-electron chi connectivity index (χ1n) is 14.8. The number of ether oxygens (including phenoxy) is 4. The molecule has 0 saturated carbocycles. The van der Waals surface area contributed by atoms with E-state index in [1.165, 1.54) is 0 Å². The van der Waals surface area contributed by atoms with Gasteiger partial charge in [0.05, 0.1) is 32.4 Å². The Balaban J connectivity index is 1.43. The Kier molecular flexibility index (Phi) is 11.1. The van der Waals surface area contributed by atoms with E-state index in [9.17, 15) is 4.79 Å². The van der Waals surface area contributed by atoms with Crippen LogP contribution in [-0.4, -0.2) is 41.9 Å².